The molecule has 0 radical (unpaired) electrons. The Morgan fingerprint density at radius 2 is 2.00 bits per heavy atom. The molecule has 2 atom stereocenters. The van der Waals surface area contributed by atoms with Gasteiger partial charge in [-0.1, -0.05) is 12.1 Å². The molecule has 15 heavy (non-hydrogen) atoms. The van der Waals surface area contributed by atoms with Gasteiger partial charge in [-0.2, -0.15) is 0 Å². The number of halogens is 1. The van der Waals surface area contributed by atoms with Gasteiger partial charge in [-0.05, 0) is 24.1 Å². The van der Waals surface area contributed by atoms with Gasteiger partial charge in [-0.25, -0.2) is 9.82 Å². The van der Waals surface area contributed by atoms with Crippen molar-refractivity contribution >= 4 is 5.91 Å². The average molecular weight is 209 g/mol. The Kier molecular flexibility index (Phi) is 2.66. The summed E-state index contributed by atoms with van der Waals surface area (Å²) in [7, 11) is 0. The molecule has 1 heterocycles. The van der Waals surface area contributed by atoms with Crippen LogP contribution in [0.2, 0.25) is 0 Å². The van der Waals surface area contributed by atoms with Crippen LogP contribution in [-0.4, -0.2) is 11.9 Å². The Balaban J connectivity index is 2.12. The highest BCUT2D eigenvalue weighted by molar-refractivity contribution is 5.81. The number of hydrogen-bond acceptors (Lipinski definition) is 3. The summed E-state index contributed by atoms with van der Waals surface area (Å²) in [6.07, 6.45) is 0.511. The van der Waals surface area contributed by atoms with Gasteiger partial charge in [-0.3, -0.25) is 10.2 Å². The van der Waals surface area contributed by atoms with Crippen molar-refractivity contribution in [2.45, 2.75) is 18.5 Å². The van der Waals surface area contributed by atoms with Gasteiger partial charge >= 0.3 is 0 Å². The molecule has 0 spiro atoms. The maximum Gasteiger partial charge on any atom is 0.251 e. The molecule has 2 rings (SSSR count). The Hall–Kier alpha value is -1.46. The lowest BCUT2D eigenvalue weighted by atomic mass is 9.98. The normalized spacial score (nSPS) is 26.1. The van der Waals surface area contributed by atoms with Crippen molar-refractivity contribution in [1.29, 1.82) is 0 Å². The number of hydrogen-bond donors (Lipinski definition) is 3. The van der Waals surface area contributed by atoms with Crippen LogP contribution in [0, 0.1) is 5.82 Å². The Morgan fingerprint density at radius 3 is 2.60 bits per heavy atom. The predicted octanol–water partition coefficient (Wildman–Crippen LogP) is 0.219. The van der Waals surface area contributed by atoms with E-state index in [1.807, 2.05) is 0 Å². The molecule has 0 aromatic heterocycles. The smallest absolute Gasteiger partial charge is 0.251 e. The fraction of sp³-hybridized carbons (Fsp3) is 0.300. The van der Waals surface area contributed by atoms with Crippen LogP contribution in [-0.2, 0) is 4.79 Å². The first-order valence-corrected chi connectivity index (χ1v) is 4.73. The maximum absolute atomic E-state index is 12.7. The third-order valence-electron chi connectivity index (χ3n) is 2.47. The van der Waals surface area contributed by atoms with E-state index in [1.165, 1.54) is 12.1 Å². The number of benzene rings is 1. The van der Waals surface area contributed by atoms with Crippen molar-refractivity contribution in [2.75, 3.05) is 0 Å². The summed E-state index contributed by atoms with van der Waals surface area (Å²) in [5, 5.41) is 0. The first kappa shape index (κ1) is 10.1. The molecule has 5 heteroatoms. The fourth-order valence-corrected chi connectivity index (χ4v) is 1.59. The quantitative estimate of drug-likeness (QED) is 0.619. The molecule has 1 amide bonds. The topological polar surface area (TPSA) is 67.2 Å². The van der Waals surface area contributed by atoms with Crippen LogP contribution >= 0.6 is 0 Å². The Bertz CT molecular complexity index is 365. The minimum Gasteiger partial charge on any atom is -0.320 e. The van der Waals surface area contributed by atoms with Gasteiger partial charge in [0.25, 0.3) is 5.91 Å². The van der Waals surface area contributed by atoms with E-state index < -0.39 is 6.04 Å². The number of nitrogens with two attached hydrogens (primary N) is 1. The minimum atomic E-state index is -0.513. The van der Waals surface area contributed by atoms with Crippen molar-refractivity contribution in [3.05, 3.63) is 35.6 Å². The van der Waals surface area contributed by atoms with Crippen LogP contribution in [0.3, 0.4) is 0 Å². The van der Waals surface area contributed by atoms with E-state index in [0.29, 0.717) is 6.42 Å². The minimum absolute atomic E-state index is 0.0571. The van der Waals surface area contributed by atoms with E-state index in [4.69, 9.17) is 5.73 Å². The number of carbonyl (C=O) groups excluding carboxylic acids is 1. The second-order valence-corrected chi connectivity index (χ2v) is 3.58. The summed E-state index contributed by atoms with van der Waals surface area (Å²) in [4.78, 5) is 11.1. The number of nitrogens with one attached hydrogen (secondary N) is 2. The number of rotatable bonds is 1. The van der Waals surface area contributed by atoms with Crippen LogP contribution in [0.1, 0.15) is 18.0 Å². The Labute approximate surface area is 86.6 Å². The second kappa shape index (κ2) is 3.96. The SMILES string of the molecule is NC1CC(c2ccc(F)cc2)NNC1=O. The highest BCUT2D eigenvalue weighted by Gasteiger charge is 2.25. The van der Waals surface area contributed by atoms with Crippen molar-refractivity contribution in [3.63, 3.8) is 0 Å². The molecule has 1 aliphatic heterocycles. The third-order valence-corrected chi connectivity index (χ3v) is 2.47. The highest BCUT2D eigenvalue weighted by atomic mass is 19.1. The first-order chi connectivity index (χ1) is 7.16. The standard InChI is InChI=1S/C10H12FN3O/c11-7-3-1-6(2-4-7)9-5-8(12)10(15)14-13-9/h1-4,8-9,13H,5,12H2,(H,14,15). The lowest BCUT2D eigenvalue weighted by molar-refractivity contribution is -0.125. The van der Waals surface area contributed by atoms with Crippen molar-refractivity contribution < 1.29 is 9.18 Å². The van der Waals surface area contributed by atoms with Gasteiger partial charge in [0.15, 0.2) is 0 Å². The van der Waals surface area contributed by atoms with E-state index in [-0.39, 0.29) is 17.8 Å². The molecule has 0 aliphatic carbocycles. The molecule has 0 bridgehead atoms. The van der Waals surface area contributed by atoms with Gasteiger partial charge in [0.2, 0.25) is 0 Å². The van der Waals surface area contributed by atoms with E-state index in [1.54, 1.807) is 12.1 Å². The van der Waals surface area contributed by atoms with E-state index >= 15 is 0 Å². The zero-order valence-electron chi connectivity index (χ0n) is 8.03. The third kappa shape index (κ3) is 2.14. The lowest BCUT2D eigenvalue weighted by Gasteiger charge is -2.28. The molecule has 4 N–H and O–H groups in total. The summed E-state index contributed by atoms with van der Waals surface area (Å²) < 4.78 is 12.7. The molecule has 80 valence electrons. The van der Waals surface area contributed by atoms with E-state index in [2.05, 4.69) is 10.9 Å². The number of carbonyl (C=O) groups is 1. The van der Waals surface area contributed by atoms with Crippen LogP contribution in [0.5, 0.6) is 0 Å². The molecule has 2 unspecified atom stereocenters. The largest absolute Gasteiger partial charge is 0.320 e. The summed E-state index contributed by atoms with van der Waals surface area (Å²) in [5.74, 6) is -0.490. The molecule has 1 aromatic carbocycles. The van der Waals surface area contributed by atoms with Crippen LogP contribution in [0.15, 0.2) is 24.3 Å². The van der Waals surface area contributed by atoms with Gasteiger partial charge in [0, 0.05) is 0 Å². The average Bonchev–Trinajstić information content (AvgIpc) is 2.23. The molecular formula is C10H12FN3O. The molecule has 1 fully saturated rings. The summed E-state index contributed by atoms with van der Waals surface area (Å²) in [6, 6.07) is 5.56. The number of amides is 1. The number of hydrazine groups is 1. The highest BCUT2D eigenvalue weighted by Crippen LogP contribution is 2.19. The maximum atomic E-state index is 12.7. The molecule has 1 aliphatic rings. The molecule has 0 saturated carbocycles. The molecular weight excluding hydrogens is 197 g/mol. The summed E-state index contributed by atoms with van der Waals surface area (Å²) in [5.41, 5.74) is 11.8. The molecule has 1 saturated heterocycles. The van der Waals surface area contributed by atoms with E-state index in [9.17, 15) is 9.18 Å². The van der Waals surface area contributed by atoms with Gasteiger partial charge in [0.1, 0.15) is 5.82 Å². The van der Waals surface area contributed by atoms with Gasteiger partial charge < -0.3 is 5.73 Å². The summed E-state index contributed by atoms with van der Waals surface area (Å²) in [6.45, 7) is 0. The summed E-state index contributed by atoms with van der Waals surface area (Å²) >= 11 is 0. The molecule has 4 nitrogen and oxygen atoms in total. The second-order valence-electron chi connectivity index (χ2n) is 3.58. The predicted molar refractivity (Wildman–Crippen MR) is 53.0 cm³/mol. The van der Waals surface area contributed by atoms with Crippen molar-refractivity contribution in [3.8, 4) is 0 Å². The lowest BCUT2D eigenvalue weighted by Crippen LogP contribution is -2.55. The fourth-order valence-electron chi connectivity index (χ4n) is 1.59. The van der Waals surface area contributed by atoms with Crippen LogP contribution < -0.4 is 16.6 Å². The van der Waals surface area contributed by atoms with Crippen molar-refractivity contribution in [2.24, 2.45) is 5.73 Å². The van der Waals surface area contributed by atoms with Gasteiger partial charge in [-0.15, -0.1) is 0 Å². The zero-order chi connectivity index (χ0) is 10.8. The monoisotopic (exact) mass is 209 g/mol. The van der Waals surface area contributed by atoms with Gasteiger partial charge in [0.05, 0.1) is 12.1 Å². The van der Waals surface area contributed by atoms with E-state index in [0.717, 1.165) is 5.56 Å². The van der Waals surface area contributed by atoms with Crippen molar-refractivity contribution in [1.82, 2.24) is 10.9 Å². The zero-order valence-corrected chi connectivity index (χ0v) is 8.03. The molecule has 1 aromatic rings. The van der Waals surface area contributed by atoms with Crippen LogP contribution in [0.25, 0.3) is 0 Å². The first-order valence-electron chi connectivity index (χ1n) is 4.73. The van der Waals surface area contributed by atoms with Crippen LogP contribution in [0.4, 0.5) is 4.39 Å². The Morgan fingerprint density at radius 1 is 1.33 bits per heavy atom.